The number of aryl methyl sites for hydroxylation is 1. The van der Waals surface area contributed by atoms with Gasteiger partial charge in [-0.15, -0.1) is 0 Å². The molecule has 0 N–H and O–H groups in total. The smallest absolute Gasteiger partial charge is 0.192 e. The van der Waals surface area contributed by atoms with E-state index < -0.39 is 14.4 Å². The van der Waals surface area contributed by atoms with Crippen LogP contribution in [0.1, 0.15) is 26.3 Å². The van der Waals surface area contributed by atoms with E-state index in [-0.39, 0.29) is 5.04 Å². The van der Waals surface area contributed by atoms with Crippen LogP contribution >= 0.6 is 6.04 Å². The van der Waals surface area contributed by atoms with E-state index in [9.17, 15) is 0 Å². The summed E-state index contributed by atoms with van der Waals surface area (Å²) in [5, 5.41) is 2.67. The Bertz CT molecular complexity index is 718. The molecule has 130 valence electrons. The molecule has 0 saturated carbocycles. The molecule has 2 rings (SSSR count). The van der Waals surface area contributed by atoms with Gasteiger partial charge in [0.2, 0.25) is 0 Å². The molecule has 2 aromatic carbocycles. The first-order valence-electron chi connectivity index (χ1n) is 8.42. The van der Waals surface area contributed by atoms with E-state index >= 15 is 0 Å². The maximum absolute atomic E-state index is 6.58. The zero-order chi connectivity index (χ0) is 18.0. The quantitative estimate of drug-likeness (QED) is 0.510. The predicted octanol–water partition coefficient (Wildman–Crippen LogP) is 5.40. The summed E-state index contributed by atoms with van der Waals surface area (Å²) < 4.78 is 6.58. The third-order valence-electron chi connectivity index (χ3n) is 5.04. The molecule has 0 saturated heterocycles. The SMILES string of the molecule is Cc1ccc(P(=S)(CO[Si](C)(C)C(C)(C)C)c2ccccc2)cc1. The molecule has 1 unspecified atom stereocenters. The van der Waals surface area contributed by atoms with Gasteiger partial charge < -0.3 is 4.43 Å². The van der Waals surface area contributed by atoms with Crippen LogP contribution < -0.4 is 10.6 Å². The van der Waals surface area contributed by atoms with Gasteiger partial charge in [0.1, 0.15) is 0 Å². The minimum atomic E-state index is -1.96. The largest absolute Gasteiger partial charge is 0.411 e. The molecule has 0 fully saturated rings. The maximum atomic E-state index is 6.58. The van der Waals surface area contributed by atoms with Crippen molar-refractivity contribution in [2.75, 3.05) is 6.35 Å². The van der Waals surface area contributed by atoms with Crippen LogP contribution in [0.5, 0.6) is 0 Å². The monoisotopic (exact) mass is 376 g/mol. The second kappa shape index (κ2) is 7.25. The number of hydrogen-bond donors (Lipinski definition) is 0. The summed E-state index contributed by atoms with van der Waals surface area (Å²) in [6.07, 6.45) is 0.645. The van der Waals surface area contributed by atoms with Crippen LogP contribution in [0, 0.1) is 6.92 Å². The maximum Gasteiger partial charge on any atom is 0.192 e. The van der Waals surface area contributed by atoms with Gasteiger partial charge in [-0.2, -0.15) is 0 Å². The van der Waals surface area contributed by atoms with Gasteiger partial charge in [-0.05, 0) is 35.7 Å². The first-order chi connectivity index (χ1) is 11.1. The summed E-state index contributed by atoms with van der Waals surface area (Å²) >= 11 is 6.28. The van der Waals surface area contributed by atoms with E-state index in [4.69, 9.17) is 16.2 Å². The standard InChI is InChI=1S/C20H29OPSSi/c1-17-12-14-19(15-13-17)22(23,18-10-8-7-9-11-18)16-21-24(5,6)20(2,3)4/h7-15H,16H2,1-6H3. The fraction of sp³-hybridized carbons (Fsp3) is 0.400. The number of rotatable bonds is 5. The second-order valence-electron chi connectivity index (χ2n) is 7.94. The summed E-state index contributed by atoms with van der Waals surface area (Å²) in [7, 11) is -1.83. The Morgan fingerprint density at radius 2 is 1.42 bits per heavy atom. The molecule has 0 aliphatic heterocycles. The number of hydrogen-bond acceptors (Lipinski definition) is 2. The van der Waals surface area contributed by atoms with Crippen molar-refractivity contribution in [3.63, 3.8) is 0 Å². The third-order valence-corrected chi connectivity index (χ3v) is 14.1. The lowest BCUT2D eigenvalue weighted by molar-refractivity contribution is 0.351. The van der Waals surface area contributed by atoms with Crippen LogP contribution in [0.3, 0.4) is 0 Å². The minimum absolute atomic E-state index is 0.192. The molecule has 1 nitrogen and oxygen atoms in total. The lowest BCUT2D eigenvalue weighted by Crippen LogP contribution is -2.41. The van der Waals surface area contributed by atoms with E-state index in [0.717, 1.165) is 0 Å². The van der Waals surface area contributed by atoms with Gasteiger partial charge in [0.25, 0.3) is 0 Å². The van der Waals surface area contributed by atoms with Crippen molar-refractivity contribution < 1.29 is 4.43 Å². The molecule has 0 aliphatic rings. The van der Waals surface area contributed by atoms with E-state index in [2.05, 4.69) is 89.3 Å². The van der Waals surface area contributed by atoms with Gasteiger partial charge >= 0.3 is 0 Å². The molecule has 0 spiro atoms. The third kappa shape index (κ3) is 4.26. The zero-order valence-corrected chi connectivity index (χ0v) is 18.4. The molecule has 0 bridgehead atoms. The van der Waals surface area contributed by atoms with Crippen LogP contribution in [-0.2, 0) is 16.2 Å². The van der Waals surface area contributed by atoms with Crippen molar-refractivity contribution in [1.29, 1.82) is 0 Å². The van der Waals surface area contributed by atoms with Crippen LogP contribution in [0.15, 0.2) is 54.6 Å². The van der Waals surface area contributed by atoms with Crippen LogP contribution in [0.2, 0.25) is 18.1 Å². The van der Waals surface area contributed by atoms with Crippen molar-refractivity contribution in [3.8, 4) is 0 Å². The molecular weight excluding hydrogens is 347 g/mol. The van der Waals surface area contributed by atoms with Gasteiger partial charge in [0.05, 0.1) is 6.35 Å². The van der Waals surface area contributed by atoms with E-state index in [1.165, 1.54) is 16.2 Å². The Balaban J connectivity index is 2.42. The normalized spacial score (nSPS) is 15.1. The Hall–Kier alpha value is -0.733. The van der Waals surface area contributed by atoms with Gasteiger partial charge in [-0.3, -0.25) is 0 Å². The Morgan fingerprint density at radius 3 is 1.92 bits per heavy atom. The van der Waals surface area contributed by atoms with Gasteiger partial charge in [0, 0.05) is 6.04 Å². The second-order valence-corrected chi connectivity index (χ2v) is 17.4. The van der Waals surface area contributed by atoms with Crippen LogP contribution in [-0.4, -0.2) is 14.7 Å². The van der Waals surface area contributed by atoms with Crippen LogP contribution in [0.4, 0.5) is 0 Å². The van der Waals surface area contributed by atoms with E-state index in [0.29, 0.717) is 6.35 Å². The minimum Gasteiger partial charge on any atom is -0.411 e. The zero-order valence-electron chi connectivity index (χ0n) is 15.7. The summed E-state index contributed by atoms with van der Waals surface area (Å²) in [6, 6.07) is 17.3. The van der Waals surface area contributed by atoms with Crippen molar-refractivity contribution in [2.24, 2.45) is 0 Å². The van der Waals surface area contributed by atoms with Crippen molar-refractivity contribution >= 4 is 36.8 Å². The number of benzene rings is 2. The lowest BCUT2D eigenvalue weighted by atomic mass is 10.2. The topological polar surface area (TPSA) is 9.23 Å². The average Bonchev–Trinajstić information content (AvgIpc) is 2.53. The van der Waals surface area contributed by atoms with E-state index in [1.807, 2.05) is 6.07 Å². The fourth-order valence-corrected chi connectivity index (χ4v) is 7.76. The van der Waals surface area contributed by atoms with Crippen molar-refractivity contribution in [2.45, 2.75) is 45.8 Å². The molecule has 4 heteroatoms. The first-order valence-corrected chi connectivity index (χ1v) is 14.3. The lowest BCUT2D eigenvalue weighted by Gasteiger charge is -2.38. The molecule has 0 amide bonds. The highest BCUT2D eigenvalue weighted by atomic mass is 32.4. The molecule has 2 aromatic rings. The van der Waals surface area contributed by atoms with Gasteiger partial charge in [-0.25, -0.2) is 0 Å². The first kappa shape index (κ1) is 19.6. The van der Waals surface area contributed by atoms with Gasteiger partial charge in [-0.1, -0.05) is 92.7 Å². The molecule has 0 aliphatic carbocycles. The Kier molecular flexibility index (Phi) is 5.92. The molecular formula is C20H29OPSSi. The highest BCUT2D eigenvalue weighted by Gasteiger charge is 2.38. The molecule has 1 atom stereocenters. The average molecular weight is 377 g/mol. The fourth-order valence-electron chi connectivity index (χ4n) is 2.22. The summed E-state index contributed by atoms with van der Waals surface area (Å²) in [5.74, 6) is 0. The highest BCUT2D eigenvalue weighted by molar-refractivity contribution is 8.21. The Morgan fingerprint density at radius 1 is 0.917 bits per heavy atom. The summed E-state index contributed by atoms with van der Waals surface area (Å²) in [4.78, 5) is 0. The van der Waals surface area contributed by atoms with E-state index in [1.54, 1.807) is 0 Å². The highest BCUT2D eigenvalue weighted by Crippen LogP contribution is 2.47. The summed E-state index contributed by atoms with van der Waals surface area (Å²) in [5.41, 5.74) is 1.26. The molecule has 0 radical (unpaired) electrons. The molecule has 0 aromatic heterocycles. The molecule has 24 heavy (non-hydrogen) atoms. The van der Waals surface area contributed by atoms with Crippen molar-refractivity contribution in [1.82, 2.24) is 0 Å². The Labute approximate surface area is 153 Å². The van der Waals surface area contributed by atoms with Crippen LogP contribution in [0.25, 0.3) is 0 Å². The van der Waals surface area contributed by atoms with Crippen molar-refractivity contribution in [3.05, 3.63) is 60.2 Å². The summed E-state index contributed by atoms with van der Waals surface area (Å²) in [6.45, 7) is 13.5. The molecule has 0 heterocycles. The predicted molar refractivity (Wildman–Crippen MR) is 114 cm³/mol. The van der Waals surface area contributed by atoms with Gasteiger partial charge in [0.15, 0.2) is 8.32 Å².